The van der Waals surface area contributed by atoms with Crippen LogP contribution >= 0.6 is 23.2 Å². The van der Waals surface area contributed by atoms with Crippen molar-refractivity contribution in [1.82, 2.24) is 10.1 Å². The molecule has 5 nitrogen and oxygen atoms in total. The molecule has 0 radical (unpaired) electrons. The summed E-state index contributed by atoms with van der Waals surface area (Å²) in [5.74, 6) is 0.568. The molecule has 0 saturated carbocycles. The topological polar surface area (TPSA) is 74.2 Å². The number of nitrogens with zero attached hydrogens (tertiary/aromatic N) is 2. The standard InChI is InChI=1S/C12H13Cl2N3O2/c1-12(15,6-18-2)11-16-10(19-17-11)9-7(13)4-3-5-8(9)14/h3-5H,6,15H2,1-2H3. The van der Waals surface area contributed by atoms with E-state index in [1.807, 2.05) is 0 Å². The molecule has 102 valence electrons. The molecule has 0 aliphatic carbocycles. The SMILES string of the molecule is COCC(C)(N)c1noc(-c2c(Cl)cccc2Cl)n1. The van der Waals surface area contributed by atoms with Crippen LogP contribution in [0, 0.1) is 0 Å². The van der Waals surface area contributed by atoms with Crippen LogP contribution in [0.1, 0.15) is 12.7 Å². The number of nitrogens with two attached hydrogens (primary N) is 1. The molecule has 0 bridgehead atoms. The Balaban J connectivity index is 2.42. The van der Waals surface area contributed by atoms with Gasteiger partial charge in [-0.25, -0.2) is 0 Å². The lowest BCUT2D eigenvalue weighted by Gasteiger charge is -2.18. The Hall–Kier alpha value is -1.14. The monoisotopic (exact) mass is 301 g/mol. The minimum atomic E-state index is -0.843. The zero-order valence-corrected chi connectivity index (χ0v) is 12.0. The number of halogens is 2. The largest absolute Gasteiger partial charge is 0.382 e. The van der Waals surface area contributed by atoms with Crippen molar-refractivity contribution >= 4 is 23.2 Å². The van der Waals surface area contributed by atoms with E-state index in [1.54, 1.807) is 32.2 Å². The third kappa shape index (κ3) is 2.90. The van der Waals surface area contributed by atoms with E-state index in [2.05, 4.69) is 10.1 Å². The molecule has 1 heterocycles. The molecule has 2 aromatic rings. The van der Waals surface area contributed by atoms with Gasteiger partial charge in [-0.1, -0.05) is 34.4 Å². The minimum Gasteiger partial charge on any atom is -0.382 e. The van der Waals surface area contributed by atoms with Crippen molar-refractivity contribution in [2.45, 2.75) is 12.5 Å². The van der Waals surface area contributed by atoms with Gasteiger partial charge in [0.05, 0.1) is 22.2 Å². The van der Waals surface area contributed by atoms with Gasteiger partial charge in [0, 0.05) is 7.11 Å². The summed E-state index contributed by atoms with van der Waals surface area (Å²) in [6.45, 7) is 2.02. The summed E-state index contributed by atoms with van der Waals surface area (Å²) in [6, 6.07) is 5.14. The Bertz CT molecular complexity index is 564. The highest BCUT2D eigenvalue weighted by molar-refractivity contribution is 6.38. The van der Waals surface area contributed by atoms with Crippen LogP contribution in [0.5, 0.6) is 0 Å². The van der Waals surface area contributed by atoms with Crippen molar-refractivity contribution in [2.24, 2.45) is 5.73 Å². The quantitative estimate of drug-likeness (QED) is 0.940. The van der Waals surface area contributed by atoms with Crippen molar-refractivity contribution in [3.05, 3.63) is 34.1 Å². The number of methoxy groups -OCH3 is 1. The Morgan fingerprint density at radius 2 is 2.00 bits per heavy atom. The Morgan fingerprint density at radius 1 is 1.37 bits per heavy atom. The second-order valence-electron chi connectivity index (χ2n) is 4.37. The normalized spacial score (nSPS) is 14.4. The molecule has 1 aromatic carbocycles. The fourth-order valence-electron chi connectivity index (χ4n) is 1.62. The predicted octanol–water partition coefficient (Wildman–Crippen LogP) is 2.86. The zero-order chi connectivity index (χ0) is 14.0. The number of hydrogen-bond acceptors (Lipinski definition) is 5. The third-order valence-corrected chi connectivity index (χ3v) is 3.19. The molecule has 0 spiro atoms. The summed E-state index contributed by atoms with van der Waals surface area (Å²) in [7, 11) is 1.55. The molecule has 7 heteroatoms. The number of hydrogen-bond donors (Lipinski definition) is 1. The molecule has 1 unspecified atom stereocenters. The Morgan fingerprint density at radius 3 is 2.58 bits per heavy atom. The summed E-state index contributed by atoms with van der Waals surface area (Å²) in [5, 5.41) is 4.73. The van der Waals surface area contributed by atoms with Crippen molar-refractivity contribution < 1.29 is 9.26 Å². The summed E-state index contributed by atoms with van der Waals surface area (Å²) < 4.78 is 10.2. The Labute approximate surface area is 120 Å². The van der Waals surface area contributed by atoms with Crippen LogP contribution in [-0.4, -0.2) is 23.9 Å². The fraction of sp³-hybridized carbons (Fsp3) is 0.333. The molecular weight excluding hydrogens is 289 g/mol. The van der Waals surface area contributed by atoms with Gasteiger partial charge in [0.25, 0.3) is 5.89 Å². The molecule has 2 N–H and O–H groups in total. The zero-order valence-electron chi connectivity index (χ0n) is 10.5. The molecule has 1 aromatic heterocycles. The first-order valence-electron chi connectivity index (χ1n) is 5.52. The number of aromatic nitrogens is 2. The molecular formula is C12H13Cl2N3O2. The van der Waals surface area contributed by atoms with E-state index in [1.165, 1.54) is 0 Å². The average molecular weight is 302 g/mol. The van der Waals surface area contributed by atoms with E-state index in [9.17, 15) is 0 Å². The minimum absolute atomic E-state index is 0.235. The number of ether oxygens (including phenoxy) is 1. The van der Waals surface area contributed by atoms with Gasteiger partial charge in [-0.15, -0.1) is 0 Å². The van der Waals surface area contributed by atoms with Crippen LogP contribution in [-0.2, 0) is 10.3 Å². The van der Waals surface area contributed by atoms with Crippen LogP contribution in [0.25, 0.3) is 11.5 Å². The van der Waals surface area contributed by atoms with E-state index < -0.39 is 5.54 Å². The smallest absolute Gasteiger partial charge is 0.261 e. The van der Waals surface area contributed by atoms with E-state index in [4.69, 9.17) is 38.2 Å². The second-order valence-corrected chi connectivity index (χ2v) is 5.18. The van der Waals surface area contributed by atoms with Gasteiger partial charge in [0.2, 0.25) is 0 Å². The summed E-state index contributed by atoms with van der Waals surface area (Å²) >= 11 is 12.2. The molecule has 0 amide bonds. The first-order chi connectivity index (χ1) is 8.95. The summed E-state index contributed by atoms with van der Waals surface area (Å²) in [4.78, 5) is 4.24. The maximum atomic E-state index is 6.08. The van der Waals surface area contributed by atoms with Crippen LogP contribution < -0.4 is 5.73 Å². The lowest BCUT2D eigenvalue weighted by Crippen LogP contribution is -2.38. The first kappa shape index (κ1) is 14.3. The molecule has 2 rings (SSSR count). The number of benzene rings is 1. The summed E-state index contributed by atoms with van der Waals surface area (Å²) in [6.07, 6.45) is 0. The van der Waals surface area contributed by atoms with Crippen molar-refractivity contribution in [1.29, 1.82) is 0 Å². The maximum absolute atomic E-state index is 6.08. The van der Waals surface area contributed by atoms with Gasteiger partial charge in [0.15, 0.2) is 5.82 Å². The van der Waals surface area contributed by atoms with E-state index >= 15 is 0 Å². The highest BCUT2D eigenvalue weighted by Gasteiger charge is 2.28. The highest BCUT2D eigenvalue weighted by Crippen LogP contribution is 2.34. The molecule has 0 saturated heterocycles. The Kier molecular flexibility index (Phi) is 4.10. The van der Waals surface area contributed by atoms with Crippen LogP contribution in [0.3, 0.4) is 0 Å². The van der Waals surface area contributed by atoms with Crippen LogP contribution in [0.15, 0.2) is 22.7 Å². The van der Waals surface area contributed by atoms with Gasteiger partial charge < -0.3 is 15.0 Å². The third-order valence-electron chi connectivity index (χ3n) is 2.56. The van der Waals surface area contributed by atoms with Gasteiger partial charge in [0.1, 0.15) is 5.54 Å². The van der Waals surface area contributed by atoms with Gasteiger partial charge in [-0.3, -0.25) is 0 Å². The number of rotatable bonds is 4. The van der Waals surface area contributed by atoms with Crippen molar-refractivity contribution in [3.63, 3.8) is 0 Å². The molecule has 0 aliphatic rings. The van der Waals surface area contributed by atoms with E-state index in [0.29, 0.717) is 21.4 Å². The van der Waals surface area contributed by atoms with Crippen LogP contribution in [0.4, 0.5) is 0 Å². The fourth-order valence-corrected chi connectivity index (χ4v) is 2.18. The van der Waals surface area contributed by atoms with Gasteiger partial charge >= 0.3 is 0 Å². The van der Waals surface area contributed by atoms with E-state index in [0.717, 1.165) is 0 Å². The second kappa shape index (κ2) is 5.46. The lowest BCUT2D eigenvalue weighted by atomic mass is 10.1. The highest BCUT2D eigenvalue weighted by atomic mass is 35.5. The van der Waals surface area contributed by atoms with Crippen LogP contribution in [0.2, 0.25) is 10.0 Å². The van der Waals surface area contributed by atoms with Gasteiger partial charge in [-0.05, 0) is 19.1 Å². The molecule has 0 aliphatic heterocycles. The van der Waals surface area contributed by atoms with Gasteiger partial charge in [-0.2, -0.15) is 4.98 Å². The molecule has 1 atom stereocenters. The van der Waals surface area contributed by atoms with Crippen molar-refractivity contribution in [2.75, 3.05) is 13.7 Å². The predicted molar refractivity (Wildman–Crippen MR) is 73.2 cm³/mol. The van der Waals surface area contributed by atoms with E-state index in [-0.39, 0.29) is 12.5 Å². The molecule has 19 heavy (non-hydrogen) atoms. The first-order valence-corrected chi connectivity index (χ1v) is 6.27. The summed E-state index contributed by atoms with van der Waals surface area (Å²) in [5.41, 5.74) is 5.70. The average Bonchev–Trinajstić information content (AvgIpc) is 2.78. The maximum Gasteiger partial charge on any atom is 0.261 e. The van der Waals surface area contributed by atoms with Crippen molar-refractivity contribution in [3.8, 4) is 11.5 Å². The molecule has 0 fully saturated rings. The lowest BCUT2D eigenvalue weighted by molar-refractivity contribution is 0.135.